The van der Waals surface area contributed by atoms with E-state index in [0.717, 1.165) is 12.1 Å². The molecule has 0 unspecified atom stereocenters. The summed E-state index contributed by atoms with van der Waals surface area (Å²) in [5.74, 6) is 0.545. The Hall–Kier alpha value is -1.21. The molecule has 7 heteroatoms. The van der Waals surface area contributed by atoms with Crippen LogP contribution in [0.3, 0.4) is 0 Å². The summed E-state index contributed by atoms with van der Waals surface area (Å²) >= 11 is 6.65. The Morgan fingerprint density at radius 3 is 2.00 bits per heavy atom. The monoisotopic (exact) mass is 423 g/mol. The van der Waals surface area contributed by atoms with Gasteiger partial charge in [0.1, 0.15) is 12.4 Å². The van der Waals surface area contributed by atoms with E-state index in [2.05, 4.69) is 31.9 Å². The normalized spacial score (nSPS) is 11.5. The van der Waals surface area contributed by atoms with Crippen molar-refractivity contribution < 1.29 is 17.9 Å². The molecule has 0 radical (unpaired) electrons. The summed E-state index contributed by atoms with van der Waals surface area (Å²) < 4.78 is 44.3. The van der Waals surface area contributed by atoms with Crippen molar-refractivity contribution in [3.63, 3.8) is 0 Å². The maximum atomic E-state index is 12.5. The van der Waals surface area contributed by atoms with Gasteiger partial charge in [-0.25, -0.2) is 0 Å². The minimum Gasteiger partial charge on any atom is -0.487 e. The molecule has 0 saturated carbocycles. The molecule has 0 spiro atoms. The van der Waals surface area contributed by atoms with Crippen molar-refractivity contribution in [2.75, 3.05) is 5.73 Å². The first kappa shape index (κ1) is 16.2. The Morgan fingerprint density at radius 2 is 1.52 bits per heavy atom. The van der Waals surface area contributed by atoms with Crippen molar-refractivity contribution in [3.05, 3.63) is 56.5 Å². The first-order chi connectivity index (χ1) is 9.77. The molecule has 0 atom stereocenters. The molecular weight excluding hydrogens is 415 g/mol. The van der Waals surface area contributed by atoms with E-state index in [1.54, 1.807) is 12.1 Å². The minimum atomic E-state index is -4.33. The summed E-state index contributed by atoms with van der Waals surface area (Å²) in [4.78, 5) is 0. The molecule has 112 valence electrons. The van der Waals surface area contributed by atoms with Crippen LogP contribution < -0.4 is 10.5 Å². The molecule has 2 aromatic carbocycles. The summed E-state index contributed by atoms with van der Waals surface area (Å²) in [5, 5.41) is 0. The van der Waals surface area contributed by atoms with Crippen LogP contribution in [0.2, 0.25) is 0 Å². The van der Waals surface area contributed by atoms with Crippen molar-refractivity contribution in [2.24, 2.45) is 0 Å². The van der Waals surface area contributed by atoms with Gasteiger partial charge in [-0.1, -0.05) is 12.1 Å². The lowest BCUT2D eigenvalue weighted by Crippen LogP contribution is -2.05. The number of ether oxygens (including phenoxy) is 1. The van der Waals surface area contributed by atoms with E-state index < -0.39 is 11.7 Å². The number of rotatable bonds is 3. The van der Waals surface area contributed by atoms with Crippen molar-refractivity contribution in [1.29, 1.82) is 0 Å². The lowest BCUT2D eigenvalue weighted by atomic mass is 10.1. The fraction of sp³-hybridized carbons (Fsp3) is 0.143. The van der Waals surface area contributed by atoms with Crippen LogP contribution in [0, 0.1) is 0 Å². The van der Waals surface area contributed by atoms with Crippen LogP contribution in [0.25, 0.3) is 0 Å². The van der Waals surface area contributed by atoms with Gasteiger partial charge in [-0.3, -0.25) is 0 Å². The van der Waals surface area contributed by atoms with Gasteiger partial charge in [0.15, 0.2) is 0 Å². The molecule has 0 fully saturated rings. The number of halogens is 5. The maximum absolute atomic E-state index is 12.5. The van der Waals surface area contributed by atoms with Crippen LogP contribution in [-0.4, -0.2) is 0 Å². The predicted molar refractivity (Wildman–Crippen MR) is 82.0 cm³/mol. The van der Waals surface area contributed by atoms with Gasteiger partial charge in [-0.05, 0) is 61.7 Å². The molecule has 0 heterocycles. The van der Waals surface area contributed by atoms with E-state index >= 15 is 0 Å². The molecule has 0 saturated heterocycles. The maximum Gasteiger partial charge on any atom is 0.416 e. The molecule has 0 amide bonds. The Labute approximate surface area is 136 Å². The van der Waals surface area contributed by atoms with Gasteiger partial charge in [0.2, 0.25) is 0 Å². The Kier molecular flexibility index (Phi) is 4.83. The largest absolute Gasteiger partial charge is 0.487 e. The third-order valence-electron chi connectivity index (χ3n) is 2.69. The summed E-state index contributed by atoms with van der Waals surface area (Å²) in [6, 6.07) is 8.22. The third kappa shape index (κ3) is 4.14. The average molecular weight is 425 g/mol. The van der Waals surface area contributed by atoms with E-state index in [9.17, 15) is 13.2 Å². The topological polar surface area (TPSA) is 35.2 Å². The summed E-state index contributed by atoms with van der Waals surface area (Å²) in [5.41, 5.74) is 6.19. The van der Waals surface area contributed by atoms with Gasteiger partial charge < -0.3 is 10.5 Å². The van der Waals surface area contributed by atoms with E-state index in [-0.39, 0.29) is 6.61 Å². The SMILES string of the molecule is Nc1cc(Br)c(OCc2ccc(C(F)(F)F)cc2)c(Br)c1. The van der Waals surface area contributed by atoms with E-state index in [0.29, 0.717) is 25.9 Å². The molecule has 0 aromatic heterocycles. The van der Waals surface area contributed by atoms with Gasteiger partial charge in [0.05, 0.1) is 14.5 Å². The smallest absolute Gasteiger partial charge is 0.416 e. The molecular formula is C14H10Br2F3NO. The molecule has 2 nitrogen and oxygen atoms in total. The molecule has 2 rings (SSSR count). The Morgan fingerprint density at radius 1 is 1.00 bits per heavy atom. The molecule has 0 aliphatic rings. The van der Waals surface area contributed by atoms with Crippen LogP contribution in [-0.2, 0) is 12.8 Å². The van der Waals surface area contributed by atoms with Gasteiger partial charge >= 0.3 is 6.18 Å². The van der Waals surface area contributed by atoms with Crippen LogP contribution in [0.1, 0.15) is 11.1 Å². The number of alkyl halides is 3. The second-order valence-electron chi connectivity index (χ2n) is 4.30. The zero-order valence-corrected chi connectivity index (χ0v) is 13.7. The number of benzene rings is 2. The van der Waals surface area contributed by atoms with Crippen molar-refractivity contribution in [2.45, 2.75) is 12.8 Å². The summed E-state index contributed by atoms with van der Waals surface area (Å²) in [6.07, 6.45) is -4.33. The fourth-order valence-electron chi connectivity index (χ4n) is 1.66. The number of hydrogen-bond donors (Lipinski definition) is 1. The van der Waals surface area contributed by atoms with E-state index in [1.807, 2.05) is 0 Å². The average Bonchev–Trinajstić information content (AvgIpc) is 2.37. The molecule has 2 aromatic rings. The predicted octanol–water partition coefficient (Wildman–Crippen LogP) is 5.39. The second-order valence-corrected chi connectivity index (χ2v) is 6.01. The second kappa shape index (κ2) is 6.27. The van der Waals surface area contributed by atoms with Gasteiger partial charge in [-0.2, -0.15) is 13.2 Å². The molecule has 0 aliphatic heterocycles. The van der Waals surface area contributed by atoms with Gasteiger partial charge in [-0.15, -0.1) is 0 Å². The third-order valence-corrected chi connectivity index (χ3v) is 3.86. The zero-order chi connectivity index (χ0) is 15.6. The highest BCUT2D eigenvalue weighted by Gasteiger charge is 2.29. The lowest BCUT2D eigenvalue weighted by molar-refractivity contribution is -0.137. The number of nitrogen functional groups attached to an aromatic ring is 1. The number of hydrogen-bond acceptors (Lipinski definition) is 2. The van der Waals surface area contributed by atoms with E-state index in [1.165, 1.54) is 12.1 Å². The van der Waals surface area contributed by atoms with Crippen LogP contribution >= 0.6 is 31.9 Å². The first-order valence-corrected chi connectivity index (χ1v) is 7.39. The van der Waals surface area contributed by atoms with E-state index in [4.69, 9.17) is 10.5 Å². The number of nitrogens with two attached hydrogens (primary N) is 1. The molecule has 2 N–H and O–H groups in total. The minimum absolute atomic E-state index is 0.152. The van der Waals surface area contributed by atoms with Gasteiger partial charge in [0.25, 0.3) is 0 Å². The van der Waals surface area contributed by atoms with Crippen molar-refractivity contribution >= 4 is 37.5 Å². The summed E-state index contributed by atoms with van der Waals surface area (Å²) in [7, 11) is 0. The lowest BCUT2D eigenvalue weighted by Gasteiger charge is -2.12. The number of anilines is 1. The summed E-state index contributed by atoms with van der Waals surface area (Å²) in [6.45, 7) is 0.152. The highest BCUT2D eigenvalue weighted by molar-refractivity contribution is 9.11. The highest BCUT2D eigenvalue weighted by Crippen LogP contribution is 2.36. The molecule has 21 heavy (non-hydrogen) atoms. The van der Waals surface area contributed by atoms with Crippen LogP contribution in [0.5, 0.6) is 5.75 Å². The zero-order valence-electron chi connectivity index (χ0n) is 10.5. The highest BCUT2D eigenvalue weighted by atomic mass is 79.9. The molecule has 0 aliphatic carbocycles. The van der Waals surface area contributed by atoms with Crippen molar-refractivity contribution in [1.82, 2.24) is 0 Å². The fourth-order valence-corrected chi connectivity index (χ4v) is 3.11. The quantitative estimate of drug-likeness (QED) is 0.670. The Balaban J connectivity index is 2.10. The standard InChI is InChI=1S/C14H10Br2F3NO/c15-11-5-10(20)6-12(16)13(11)21-7-8-1-3-9(4-2-8)14(17,18)19/h1-6H,7,20H2. The van der Waals surface area contributed by atoms with Crippen LogP contribution in [0.4, 0.5) is 18.9 Å². The van der Waals surface area contributed by atoms with Crippen molar-refractivity contribution in [3.8, 4) is 5.75 Å². The Bertz CT molecular complexity index is 619. The molecule has 0 bridgehead atoms. The first-order valence-electron chi connectivity index (χ1n) is 5.81. The van der Waals surface area contributed by atoms with Crippen LogP contribution in [0.15, 0.2) is 45.3 Å². The van der Waals surface area contributed by atoms with Gasteiger partial charge in [0, 0.05) is 5.69 Å².